The molecule has 0 bridgehead atoms. The van der Waals surface area contributed by atoms with Gasteiger partial charge in [0, 0.05) is 28.9 Å². The molecule has 8 heteroatoms. The van der Waals surface area contributed by atoms with E-state index in [9.17, 15) is 0 Å². The minimum atomic E-state index is 0.424. The van der Waals surface area contributed by atoms with Gasteiger partial charge in [0.15, 0.2) is 11.0 Å². The van der Waals surface area contributed by atoms with Crippen molar-refractivity contribution in [3.63, 3.8) is 0 Å². The Kier molecular flexibility index (Phi) is 5.84. The van der Waals surface area contributed by atoms with Crippen molar-refractivity contribution in [3.8, 4) is 22.1 Å². The molecule has 1 aliphatic rings. The third-order valence-electron chi connectivity index (χ3n) is 5.25. The molecule has 0 saturated heterocycles. The smallest absolute Gasteiger partial charge is 0.192 e. The summed E-state index contributed by atoms with van der Waals surface area (Å²) in [6.07, 6.45) is 6.60. The van der Waals surface area contributed by atoms with Gasteiger partial charge < -0.3 is 0 Å². The Morgan fingerprint density at radius 1 is 1.07 bits per heavy atom. The molecule has 3 heterocycles. The van der Waals surface area contributed by atoms with E-state index in [1.165, 1.54) is 12.8 Å². The van der Waals surface area contributed by atoms with Gasteiger partial charge in [-0.05, 0) is 37.1 Å². The topological polar surface area (TPSA) is 56.5 Å². The zero-order chi connectivity index (χ0) is 20.3. The van der Waals surface area contributed by atoms with Crippen molar-refractivity contribution in [3.05, 3.63) is 64.8 Å². The van der Waals surface area contributed by atoms with Crippen LogP contribution in [0.25, 0.3) is 22.1 Å². The van der Waals surface area contributed by atoms with E-state index in [4.69, 9.17) is 16.6 Å². The van der Waals surface area contributed by atoms with Gasteiger partial charge >= 0.3 is 0 Å². The zero-order valence-electron chi connectivity index (χ0n) is 16.2. The van der Waals surface area contributed by atoms with Crippen molar-refractivity contribution in [2.45, 2.75) is 42.6 Å². The average Bonchev–Trinajstić information content (AvgIpc) is 3.53. The standard InChI is InChI=1S/C22H20ClN5S2/c23-18-10-4-3-9-17(18)20-26-27-22(28(20)16-7-1-2-8-16)30-14-15-13-29-21(25-15)19-11-5-6-12-24-19/h3-6,9-13,16H,1-2,7-8,14H2. The highest BCUT2D eigenvalue weighted by Crippen LogP contribution is 2.39. The minimum absolute atomic E-state index is 0.424. The van der Waals surface area contributed by atoms with Crippen LogP contribution in [0.1, 0.15) is 37.4 Å². The fourth-order valence-electron chi connectivity index (χ4n) is 3.81. The lowest BCUT2D eigenvalue weighted by molar-refractivity contribution is 0.485. The summed E-state index contributed by atoms with van der Waals surface area (Å²) in [5.74, 6) is 1.61. The average molecular weight is 454 g/mol. The number of benzene rings is 1. The molecule has 1 fully saturated rings. The molecule has 30 heavy (non-hydrogen) atoms. The van der Waals surface area contributed by atoms with Crippen LogP contribution in [0.4, 0.5) is 0 Å². The molecular formula is C22H20ClN5S2. The van der Waals surface area contributed by atoms with E-state index in [-0.39, 0.29) is 0 Å². The zero-order valence-corrected chi connectivity index (χ0v) is 18.6. The Balaban J connectivity index is 1.41. The van der Waals surface area contributed by atoms with Gasteiger partial charge in [0.25, 0.3) is 0 Å². The van der Waals surface area contributed by atoms with E-state index in [1.54, 1.807) is 29.3 Å². The highest BCUT2D eigenvalue weighted by Gasteiger charge is 2.25. The molecule has 4 aromatic rings. The first kappa shape index (κ1) is 19.7. The summed E-state index contributed by atoms with van der Waals surface area (Å²) in [4.78, 5) is 9.15. The normalized spacial score (nSPS) is 14.4. The number of pyridine rings is 1. The van der Waals surface area contributed by atoms with Gasteiger partial charge in [0.2, 0.25) is 0 Å². The number of rotatable bonds is 6. The molecule has 0 N–H and O–H groups in total. The Morgan fingerprint density at radius 2 is 1.90 bits per heavy atom. The van der Waals surface area contributed by atoms with Crippen LogP contribution in [-0.2, 0) is 5.75 Å². The predicted octanol–water partition coefficient (Wildman–Crippen LogP) is 6.52. The number of aromatic nitrogens is 5. The van der Waals surface area contributed by atoms with Gasteiger partial charge in [-0.15, -0.1) is 21.5 Å². The fraction of sp³-hybridized carbons (Fsp3) is 0.273. The second-order valence-corrected chi connectivity index (χ2v) is 9.45. The van der Waals surface area contributed by atoms with Crippen LogP contribution < -0.4 is 0 Å². The van der Waals surface area contributed by atoms with Gasteiger partial charge in [-0.2, -0.15) is 0 Å². The predicted molar refractivity (Wildman–Crippen MR) is 123 cm³/mol. The van der Waals surface area contributed by atoms with Crippen LogP contribution in [0.2, 0.25) is 5.02 Å². The van der Waals surface area contributed by atoms with Crippen LogP contribution in [0.3, 0.4) is 0 Å². The van der Waals surface area contributed by atoms with Crippen LogP contribution in [-0.4, -0.2) is 24.7 Å². The number of halogens is 1. The van der Waals surface area contributed by atoms with E-state index in [1.807, 2.05) is 42.5 Å². The highest BCUT2D eigenvalue weighted by molar-refractivity contribution is 7.98. The molecule has 0 atom stereocenters. The van der Waals surface area contributed by atoms with Gasteiger partial charge in [0.1, 0.15) is 5.01 Å². The van der Waals surface area contributed by atoms with Crippen molar-refractivity contribution in [1.29, 1.82) is 0 Å². The second-order valence-electron chi connectivity index (χ2n) is 7.24. The number of hydrogen-bond acceptors (Lipinski definition) is 6. The van der Waals surface area contributed by atoms with E-state index in [0.29, 0.717) is 11.1 Å². The van der Waals surface area contributed by atoms with Crippen molar-refractivity contribution >= 4 is 34.7 Å². The summed E-state index contributed by atoms with van der Waals surface area (Å²) in [6, 6.07) is 14.2. The second kappa shape index (κ2) is 8.88. The molecule has 0 spiro atoms. The summed E-state index contributed by atoms with van der Waals surface area (Å²) in [5, 5.41) is 13.8. The largest absolute Gasteiger partial charge is 0.299 e. The summed E-state index contributed by atoms with van der Waals surface area (Å²) in [6.45, 7) is 0. The molecule has 0 amide bonds. The Hall–Kier alpha value is -2.22. The molecule has 152 valence electrons. The lowest BCUT2D eigenvalue weighted by Gasteiger charge is -2.17. The van der Waals surface area contributed by atoms with Crippen LogP contribution in [0.15, 0.2) is 59.2 Å². The summed E-state index contributed by atoms with van der Waals surface area (Å²) in [5.41, 5.74) is 2.89. The summed E-state index contributed by atoms with van der Waals surface area (Å²) < 4.78 is 2.30. The van der Waals surface area contributed by atoms with Crippen LogP contribution in [0.5, 0.6) is 0 Å². The molecule has 1 saturated carbocycles. The van der Waals surface area contributed by atoms with E-state index < -0.39 is 0 Å². The first-order valence-electron chi connectivity index (χ1n) is 9.98. The van der Waals surface area contributed by atoms with Crippen LogP contribution >= 0.6 is 34.7 Å². The monoisotopic (exact) mass is 453 g/mol. The summed E-state index contributed by atoms with van der Waals surface area (Å²) >= 11 is 9.79. The van der Waals surface area contributed by atoms with Gasteiger partial charge in [-0.1, -0.05) is 54.4 Å². The number of nitrogens with zero attached hydrogens (tertiary/aromatic N) is 5. The molecule has 5 rings (SSSR count). The van der Waals surface area contributed by atoms with Crippen LogP contribution in [0, 0.1) is 0 Å². The molecular weight excluding hydrogens is 434 g/mol. The van der Waals surface area contributed by atoms with Crippen molar-refractivity contribution < 1.29 is 0 Å². The minimum Gasteiger partial charge on any atom is -0.299 e. The maximum absolute atomic E-state index is 6.48. The number of hydrogen-bond donors (Lipinski definition) is 0. The third-order valence-corrected chi connectivity index (χ3v) is 7.47. The Bertz CT molecular complexity index is 1140. The first-order valence-corrected chi connectivity index (χ1v) is 12.2. The highest BCUT2D eigenvalue weighted by atomic mass is 35.5. The lowest BCUT2D eigenvalue weighted by atomic mass is 10.2. The maximum Gasteiger partial charge on any atom is 0.192 e. The molecule has 0 unspecified atom stereocenters. The van der Waals surface area contributed by atoms with E-state index in [0.717, 1.165) is 51.5 Å². The Morgan fingerprint density at radius 3 is 2.70 bits per heavy atom. The molecule has 0 aliphatic heterocycles. The molecule has 3 aromatic heterocycles. The first-order chi connectivity index (χ1) is 14.8. The molecule has 0 radical (unpaired) electrons. The number of thioether (sulfide) groups is 1. The van der Waals surface area contributed by atoms with Gasteiger partial charge in [-0.25, -0.2) is 4.98 Å². The molecule has 1 aromatic carbocycles. The SMILES string of the molecule is Clc1ccccc1-c1nnc(SCc2csc(-c3ccccn3)n2)n1C1CCCC1. The lowest BCUT2D eigenvalue weighted by Crippen LogP contribution is -2.08. The van der Waals surface area contributed by atoms with E-state index >= 15 is 0 Å². The van der Waals surface area contributed by atoms with Gasteiger partial charge in [-0.3, -0.25) is 9.55 Å². The van der Waals surface area contributed by atoms with Crippen molar-refractivity contribution in [2.24, 2.45) is 0 Å². The quantitative estimate of drug-likeness (QED) is 0.311. The summed E-state index contributed by atoms with van der Waals surface area (Å²) in [7, 11) is 0. The molecule has 1 aliphatic carbocycles. The number of thiazole rings is 1. The Labute approximate surface area is 188 Å². The van der Waals surface area contributed by atoms with Crippen molar-refractivity contribution in [1.82, 2.24) is 24.7 Å². The molecule has 5 nitrogen and oxygen atoms in total. The van der Waals surface area contributed by atoms with E-state index in [2.05, 4.69) is 25.1 Å². The third kappa shape index (κ3) is 4.02. The fourth-order valence-corrected chi connectivity index (χ4v) is 5.83. The van der Waals surface area contributed by atoms with Crippen molar-refractivity contribution in [2.75, 3.05) is 0 Å². The maximum atomic E-state index is 6.48. The van der Waals surface area contributed by atoms with Gasteiger partial charge in [0.05, 0.1) is 16.4 Å².